The van der Waals surface area contributed by atoms with Crippen molar-refractivity contribution in [1.29, 1.82) is 0 Å². The summed E-state index contributed by atoms with van der Waals surface area (Å²) in [5.74, 6) is 0.101. The van der Waals surface area contributed by atoms with Crippen LogP contribution in [0.4, 0.5) is 0 Å². The number of nitrogens with zero attached hydrogens (tertiary/aromatic N) is 1. The van der Waals surface area contributed by atoms with Crippen molar-refractivity contribution in [3.05, 3.63) is 70.9 Å². The summed E-state index contributed by atoms with van der Waals surface area (Å²) in [7, 11) is 0. The van der Waals surface area contributed by atoms with Gasteiger partial charge in [0.2, 0.25) is 0 Å². The van der Waals surface area contributed by atoms with Crippen molar-refractivity contribution >= 4 is 28.4 Å². The van der Waals surface area contributed by atoms with Gasteiger partial charge in [0.05, 0.1) is 0 Å². The van der Waals surface area contributed by atoms with Crippen molar-refractivity contribution in [3.63, 3.8) is 0 Å². The SMILES string of the molecule is CCN(C(=O)c1cc2ccccc2[nH]1)[C@H]1CCC[C@@H](NCc2cccc(Cl)c2)C1. The average molecular weight is 410 g/mol. The van der Waals surface area contributed by atoms with E-state index in [1.54, 1.807) is 0 Å². The normalized spacial score (nSPS) is 19.4. The molecule has 1 aliphatic carbocycles. The highest BCUT2D eigenvalue weighted by molar-refractivity contribution is 6.30. The maximum Gasteiger partial charge on any atom is 0.270 e. The number of carbonyl (C=O) groups excluding carboxylic acids is 1. The second kappa shape index (κ2) is 9.02. The molecule has 1 saturated carbocycles. The third-order valence-corrected chi connectivity index (χ3v) is 6.17. The van der Waals surface area contributed by atoms with E-state index in [2.05, 4.69) is 23.3 Å². The lowest BCUT2D eigenvalue weighted by atomic mass is 9.89. The molecule has 0 bridgehead atoms. The van der Waals surface area contributed by atoms with Crippen LogP contribution in [0.5, 0.6) is 0 Å². The lowest BCUT2D eigenvalue weighted by molar-refractivity contribution is 0.0623. The number of hydrogen-bond donors (Lipinski definition) is 2. The number of halogens is 1. The van der Waals surface area contributed by atoms with Crippen LogP contribution in [0.3, 0.4) is 0 Å². The van der Waals surface area contributed by atoms with E-state index in [0.717, 1.165) is 54.7 Å². The molecule has 1 aromatic heterocycles. The molecule has 2 atom stereocenters. The Labute approximate surface area is 177 Å². The highest BCUT2D eigenvalue weighted by atomic mass is 35.5. The summed E-state index contributed by atoms with van der Waals surface area (Å²) in [5.41, 5.74) is 2.89. The van der Waals surface area contributed by atoms with Crippen LogP contribution in [0.15, 0.2) is 54.6 Å². The first-order chi connectivity index (χ1) is 14.1. The van der Waals surface area contributed by atoms with E-state index in [4.69, 9.17) is 11.6 Å². The molecule has 0 saturated heterocycles. The molecule has 0 unspecified atom stereocenters. The highest BCUT2D eigenvalue weighted by Gasteiger charge is 2.29. The first kappa shape index (κ1) is 20.0. The quantitative estimate of drug-likeness (QED) is 0.573. The minimum absolute atomic E-state index is 0.101. The number of benzene rings is 2. The number of aromatic amines is 1. The van der Waals surface area contributed by atoms with Crippen LogP contribution in [0.2, 0.25) is 5.02 Å². The molecule has 1 fully saturated rings. The number of nitrogens with one attached hydrogen (secondary N) is 2. The van der Waals surface area contributed by atoms with E-state index in [9.17, 15) is 4.79 Å². The van der Waals surface area contributed by atoms with E-state index < -0.39 is 0 Å². The molecule has 29 heavy (non-hydrogen) atoms. The van der Waals surface area contributed by atoms with Gasteiger partial charge in [-0.15, -0.1) is 0 Å². The van der Waals surface area contributed by atoms with Crippen LogP contribution in [0.25, 0.3) is 10.9 Å². The zero-order valence-electron chi connectivity index (χ0n) is 16.8. The molecule has 0 aliphatic heterocycles. The van der Waals surface area contributed by atoms with Gasteiger partial charge in [0, 0.05) is 41.1 Å². The summed E-state index contributed by atoms with van der Waals surface area (Å²) in [5, 5.41) is 5.52. The van der Waals surface area contributed by atoms with Crippen LogP contribution in [-0.2, 0) is 6.54 Å². The smallest absolute Gasteiger partial charge is 0.270 e. The van der Waals surface area contributed by atoms with Gasteiger partial charge in [-0.05, 0) is 62.4 Å². The average Bonchev–Trinajstić information content (AvgIpc) is 3.17. The maximum absolute atomic E-state index is 13.2. The first-order valence-corrected chi connectivity index (χ1v) is 10.9. The summed E-state index contributed by atoms with van der Waals surface area (Å²) >= 11 is 6.10. The Hall–Kier alpha value is -2.30. The van der Waals surface area contributed by atoms with Gasteiger partial charge in [-0.1, -0.05) is 41.9 Å². The largest absolute Gasteiger partial charge is 0.351 e. The van der Waals surface area contributed by atoms with E-state index in [-0.39, 0.29) is 11.9 Å². The minimum atomic E-state index is 0.101. The number of hydrogen-bond acceptors (Lipinski definition) is 2. The molecule has 0 spiro atoms. The van der Waals surface area contributed by atoms with E-state index in [0.29, 0.717) is 11.7 Å². The summed E-state index contributed by atoms with van der Waals surface area (Å²) in [6, 6.07) is 18.7. The van der Waals surface area contributed by atoms with Crippen molar-refractivity contribution in [2.75, 3.05) is 6.54 Å². The number of para-hydroxylation sites is 1. The summed E-state index contributed by atoms with van der Waals surface area (Å²) in [6.07, 6.45) is 4.33. The predicted octanol–water partition coefficient (Wildman–Crippen LogP) is 5.38. The fraction of sp³-hybridized carbons (Fsp3) is 0.375. The maximum atomic E-state index is 13.2. The van der Waals surface area contributed by atoms with Crippen molar-refractivity contribution in [3.8, 4) is 0 Å². The Morgan fingerprint density at radius 1 is 1.17 bits per heavy atom. The van der Waals surface area contributed by atoms with Gasteiger partial charge in [0.1, 0.15) is 5.69 Å². The minimum Gasteiger partial charge on any atom is -0.351 e. The van der Waals surface area contributed by atoms with Crippen LogP contribution >= 0.6 is 11.6 Å². The topological polar surface area (TPSA) is 48.1 Å². The van der Waals surface area contributed by atoms with Crippen LogP contribution in [-0.4, -0.2) is 34.4 Å². The molecule has 4 rings (SSSR count). The second-order valence-corrected chi connectivity index (χ2v) is 8.33. The molecule has 1 amide bonds. The van der Waals surface area contributed by atoms with E-state index in [1.165, 1.54) is 5.56 Å². The predicted molar refractivity (Wildman–Crippen MR) is 119 cm³/mol. The molecular formula is C24H28ClN3O. The summed E-state index contributed by atoms with van der Waals surface area (Å²) in [6.45, 7) is 3.60. The number of carbonyl (C=O) groups is 1. The van der Waals surface area contributed by atoms with E-state index in [1.807, 2.05) is 53.4 Å². The van der Waals surface area contributed by atoms with Gasteiger partial charge < -0.3 is 15.2 Å². The van der Waals surface area contributed by atoms with Gasteiger partial charge in [0.25, 0.3) is 5.91 Å². The molecule has 1 heterocycles. The molecule has 4 nitrogen and oxygen atoms in total. The number of H-pyrrole nitrogens is 1. The monoisotopic (exact) mass is 409 g/mol. The fourth-order valence-corrected chi connectivity index (χ4v) is 4.67. The molecule has 3 aromatic rings. The number of rotatable bonds is 6. The Balaban J connectivity index is 1.42. The molecular weight excluding hydrogens is 382 g/mol. The third-order valence-electron chi connectivity index (χ3n) is 5.93. The molecule has 2 N–H and O–H groups in total. The zero-order chi connectivity index (χ0) is 20.2. The number of amides is 1. The van der Waals surface area contributed by atoms with Gasteiger partial charge in [-0.25, -0.2) is 0 Å². The number of aromatic nitrogens is 1. The van der Waals surface area contributed by atoms with Crippen molar-refractivity contribution in [1.82, 2.24) is 15.2 Å². The fourth-order valence-electron chi connectivity index (χ4n) is 4.45. The molecule has 2 aromatic carbocycles. The molecule has 152 valence electrons. The standard InChI is InChI=1S/C24H28ClN3O/c1-2-28(24(29)23-14-18-8-3-4-12-22(18)27-23)21-11-6-10-20(15-21)26-16-17-7-5-9-19(25)13-17/h3-5,7-9,12-14,20-21,26-27H,2,6,10-11,15-16H2,1H3/t20-,21+/m1/s1. The summed E-state index contributed by atoms with van der Waals surface area (Å²) < 4.78 is 0. The Bertz CT molecular complexity index is 950. The zero-order valence-corrected chi connectivity index (χ0v) is 17.6. The third kappa shape index (κ3) is 4.65. The second-order valence-electron chi connectivity index (χ2n) is 7.89. The molecule has 5 heteroatoms. The highest BCUT2D eigenvalue weighted by Crippen LogP contribution is 2.26. The Morgan fingerprint density at radius 2 is 2.03 bits per heavy atom. The Kier molecular flexibility index (Phi) is 6.22. The van der Waals surface area contributed by atoms with Crippen molar-refractivity contribution in [2.24, 2.45) is 0 Å². The van der Waals surface area contributed by atoms with Gasteiger partial charge >= 0.3 is 0 Å². The van der Waals surface area contributed by atoms with Crippen LogP contribution < -0.4 is 5.32 Å². The van der Waals surface area contributed by atoms with Crippen molar-refractivity contribution < 1.29 is 4.79 Å². The van der Waals surface area contributed by atoms with Crippen LogP contribution in [0, 0.1) is 0 Å². The van der Waals surface area contributed by atoms with Gasteiger partial charge in [0.15, 0.2) is 0 Å². The van der Waals surface area contributed by atoms with Gasteiger partial charge in [-0.2, -0.15) is 0 Å². The van der Waals surface area contributed by atoms with Gasteiger partial charge in [-0.3, -0.25) is 4.79 Å². The van der Waals surface area contributed by atoms with E-state index >= 15 is 0 Å². The lowest BCUT2D eigenvalue weighted by Crippen LogP contribution is -2.46. The van der Waals surface area contributed by atoms with Crippen LogP contribution in [0.1, 0.15) is 48.7 Å². The lowest BCUT2D eigenvalue weighted by Gasteiger charge is -2.37. The summed E-state index contributed by atoms with van der Waals surface area (Å²) in [4.78, 5) is 18.6. The number of fused-ring (bicyclic) bond motifs is 1. The van der Waals surface area contributed by atoms with Crippen molar-refractivity contribution in [2.45, 2.75) is 51.2 Å². The molecule has 0 radical (unpaired) electrons. The molecule has 1 aliphatic rings. The first-order valence-electron chi connectivity index (χ1n) is 10.5. The Morgan fingerprint density at radius 3 is 2.83 bits per heavy atom.